The first kappa shape index (κ1) is 11.0. The van der Waals surface area contributed by atoms with E-state index < -0.39 is 0 Å². The van der Waals surface area contributed by atoms with Crippen LogP contribution >= 0.6 is 0 Å². The Morgan fingerprint density at radius 3 is 2.31 bits per heavy atom. The van der Waals surface area contributed by atoms with Crippen molar-refractivity contribution in [1.82, 2.24) is 0 Å². The quantitative estimate of drug-likeness (QED) is 0.597. The Morgan fingerprint density at radius 2 is 1.85 bits per heavy atom. The summed E-state index contributed by atoms with van der Waals surface area (Å²) in [6, 6.07) is 0. The Balaban J connectivity index is 2.05. The molecule has 1 aliphatic carbocycles. The van der Waals surface area contributed by atoms with Crippen molar-refractivity contribution < 1.29 is 10.2 Å². The molecule has 1 saturated carbocycles. The summed E-state index contributed by atoms with van der Waals surface area (Å²) in [5.74, 6) is 0.597. The molecule has 13 heavy (non-hydrogen) atoms. The van der Waals surface area contributed by atoms with Crippen molar-refractivity contribution in [3.63, 3.8) is 0 Å². The molecular weight excluding hydrogens is 164 g/mol. The third kappa shape index (κ3) is 2.68. The van der Waals surface area contributed by atoms with Crippen LogP contribution < -0.4 is 0 Å². The first-order valence-corrected chi connectivity index (χ1v) is 5.51. The molecule has 2 nitrogen and oxygen atoms in total. The summed E-state index contributed by atoms with van der Waals surface area (Å²) in [5, 5.41) is 18.1. The summed E-state index contributed by atoms with van der Waals surface area (Å²) in [4.78, 5) is 0. The Morgan fingerprint density at radius 1 is 1.15 bits per heavy atom. The molecule has 2 N–H and O–H groups in total. The van der Waals surface area contributed by atoms with Crippen molar-refractivity contribution in [2.24, 2.45) is 11.3 Å². The summed E-state index contributed by atoms with van der Waals surface area (Å²) in [7, 11) is 0. The molecule has 0 aromatic rings. The Bertz CT molecular complexity index is 141. The van der Waals surface area contributed by atoms with E-state index in [1.165, 1.54) is 32.1 Å². The predicted octanol–water partition coefficient (Wildman–Crippen LogP) is 1.95. The van der Waals surface area contributed by atoms with Crippen LogP contribution in [-0.4, -0.2) is 23.4 Å². The van der Waals surface area contributed by atoms with Crippen LogP contribution in [0.2, 0.25) is 0 Å². The lowest BCUT2D eigenvalue weighted by Crippen LogP contribution is -2.14. The molecule has 1 atom stereocenters. The van der Waals surface area contributed by atoms with Crippen molar-refractivity contribution in [3.05, 3.63) is 0 Å². The van der Waals surface area contributed by atoms with E-state index in [2.05, 4.69) is 6.92 Å². The molecule has 0 amide bonds. The standard InChI is InChI=1S/C11H22O2/c1-2-3-4-5-6-10-7-11(10,8-12)9-13/h10,12-13H,2-9H2,1H3/t10-/m1/s1. The van der Waals surface area contributed by atoms with Gasteiger partial charge < -0.3 is 10.2 Å². The molecule has 78 valence electrons. The fraction of sp³-hybridized carbons (Fsp3) is 1.00. The van der Waals surface area contributed by atoms with Crippen LogP contribution in [0.3, 0.4) is 0 Å². The molecule has 0 radical (unpaired) electrons. The highest BCUT2D eigenvalue weighted by Crippen LogP contribution is 2.54. The molecule has 0 heterocycles. The maximum absolute atomic E-state index is 9.07. The van der Waals surface area contributed by atoms with E-state index in [-0.39, 0.29) is 18.6 Å². The van der Waals surface area contributed by atoms with Gasteiger partial charge >= 0.3 is 0 Å². The average Bonchev–Trinajstić information content (AvgIpc) is 2.87. The van der Waals surface area contributed by atoms with E-state index in [0.717, 1.165) is 6.42 Å². The minimum Gasteiger partial charge on any atom is -0.396 e. The van der Waals surface area contributed by atoms with Gasteiger partial charge in [0, 0.05) is 5.41 Å². The molecule has 1 rings (SSSR count). The maximum Gasteiger partial charge on any atom is 0.0512 e. The molecule has 2 heteroatoms. The second kappa shape index (κ2) is 4.97. The minimum absolute atomic E-state index is 0.0911. The van der Waals surface area contributed by atoms with Crippen LogP contribution in [0, 0.1) is 11.3 Å². The molecule has 1 aliphatic rings. The van der Waals surface area contributed by atoms with Gasteiger partial charge in [0.1, 0.15) is 0 Å². The summed E-state index contributed by atoms with van der Waals surface area (Å²) in [6.45, 7) is 2.55. The van der Waals surface area contributed by atoms with E-state index >= 15 is 0 Å². The molecule has 0 aromatic heterocycles. The van der Waals surface area contributed by atoms with E-state index in [1.54, 1.807) is 0 Å². The number of unbranched alkanes of at least 4 members (excludes halogenated alkanes) is 3. The number of hydrogen-bond acceptors (Lipinski definition) is 2. The molecule has 0 spiro atoms. The van der Waals surface area contributed by atoms with Gasteiger partial charge in [0.05, 0.1) is 13.2 Å². The van der Waals surface area contributed by atoms with E-state index in [0.29, 0.717) is 5.92 Å². The van der Waals surface area contributed by atoms with Gasteiger partial charge in [-0.25, -0.2) is 0 Å². The van der Waals surface area contributed by atoms with Gasteiger partial charge in [-0.05, 0) is 18.8 Å². The van der Waals surface area contributed by atoms with Crippen molar-refractivity contribution in [2.75, 3.05) is 13.2 Å². The minimum atomic E-state index is -0.0911. The second-order valence-electron chi connectivity index (χ2n) is 4.43. The molecule has 0 aliphatic heterocycles. The Hall–Kier alpha value is -0.0800. The number of rotatable bonds is 7. The SMILES string of the molecule is CCCCCC[C@@H]1CC1(CO)CO. The zero-order chi connectivity index (χ0) is 9.73. The predicted molar refractivity (Wildman–Crippen MR) is 53.5 cm³/mol. The second-order valence-corrected chi connectivity index (χ2v) is 4.43. The molecule has 0 aromatic carbocycles. The highest BCUT2D eigenvalue weighted by Gasteiger charge is 2.52. The number of hydrogen-bond donors (Lipinski definition) is 2. The van der Waals surface area contributed by atoms with Crippen LogP contribution in [0.25, 0.3) is 0 Å². The lowest BCUT2D eigenvalue weighted by molar-refractivity contribution is 0.120. The van der Waals surface area contributed by atoms with Gasteiger partial charge in [0.25, 0.3) is 0 Å². The maximum atomic E-state index is 9.07. The Kier molecular flexibility index (Phi) is 4.20. The number of aliphatic hydroxyl groups is 2. The summed E-state index contributed by atoms with van der Waals surface area (Å²) in [5.41, 5.74) is -0.0911. The summed E-state index contributed by atoms with van der Waals surface area (Å²) in [6.07, 6.45) is 7.39. The highest BCUT2D eigenvalue weighted by atomic mass is 16.3. The monoisotopic (exact) mass is 186 g/mol. The van der Waals surface area contributed by atoms with Crippen LogP contribution in [0.5, 0.6) is 0 Å². The van der Waals surface area contributed by atoms with Gasteiger partial charge in [-0.1, -0.05) is 32.6 Å². The van der Waals surface area contributed by atoms with Crippen LogP contribution in [0.15, 0.2) is 0 Å². The van der Waals surface area contributed by atoms with Gasteiger partial charge in [-0.15, -0.1) is 0 Å². The lowest BCUT2D eigenvalue weighted by Gasteiger charge is -2.09. The van der Waals surface area contributed by atoms with Crippen LogP contribution in [0.1, 0.15) is 45.4 Å². The molecular formula is C11H22O2. The average molecular weight is 186 g/mol. The van der Waals surface area contributed by atoms with Crippen molar-refractivity contribution in [3.8, 4) is 0 Å². The third-order valence-electron chi connectivity index (χ3n) is 3.39. The molecule has 0 saturated heterocycles. The highest BCUT2D eigenvalue weighted by molar-refractivity contribution is 5.01. The molecule has 0 unspecified atom stereocenters. The van der Waals surface area contributed by atoms with Crippen LogP contribution in [-0.2, 0) is 0 Å². The largest absolute Gasteiger partial charge is 0.396 e. The zero-order valence-electron chi connectivity index (χ0n) is 8.63. The van der Waals surface area contributed by atoms with E-state index in [4.69, 9.17) is 10.2 Å². The smallest absolute Gasteiger partial charge is 0.0512 e. The van der Waals surface area contributed by atoms with Gasteiger partial charge in [-0.3, -0.25) is 0 Å². The van der Waals surface area contributed by atoms with E-state index in [9.17, 15) is 0 Å². The topological polar surface area (TPSA) is 40.5 Å². The molecule has 0 bridgehead atoms. The summed E-state index contributed by atoms with van der Waals surface area (Å²) >= 11 is 0. The van der Waals surface area contributed by atoms with Crippen molar-refractivity contribution in [2.45, 2.75) is 45.4 Å². The third-order valence-corrected chi connectivity index (χ3v) is 3.39. The first-order valence-electron chi connectivity index (χ1n) is 5.51. The van der Waals surface area contributed by atoms with Crippen molar-refractivity contribution >= 4 is 0 Å². The van der Waals surface area contributed by atoms with Crippen LogP contribution in [0.4, 0.5) is 0 Å². The zero-order valence-corrected chi connectivity index (χ0v) is 8.63. The van der Waals surface area contributed by atoms with Crippen molar-refractivity contribution in [1.29, 1.82) is 0 Å². The Labute approximate surface area is 81.0 Å². The lowest BCUT2D eigenvalue weighted by atomic mass is 10.0. The first-order chi connectivity index (χ1) is 6.29. The van der Waals surface area contributed by atoms with Gasteiger partial charge in [-0.2, -0.15) is 0 Å². The fourth-order valence-corrected chi connectivity index (χ4v) is 2.09. The fourth-order valence-electron chi connectivity index (χ4n) is 2.09. The normalized spacial score (nSPS) is 24.7. The van der Waals surface area contributed by atoms with E-state index in [1.807, 2.05) is 0 Å². The summed E-state index contributed by atoms with van der Waals surface area (Å²) < 4.78 is 0. The molecule has 1 fully saturated rings. The van der Waals surface area contributed by atoms with Gasteiger partial charge in [0.15, 0.2) is 0 Å². The number of aliphatic hydroxyl groups excluding tert-OH is 2. The van der Waals surface area contributed by atoms with Gasteiger partial charge in [0.2, 0.25) is 0 Å².